The van der Waals surface area contributed by atoms with Crippen molar-refractivity contribution in [2.45, 2.75) is 52.5 Å². The summed E-state index contributed by atoms with van der Waals surface area (Å²) in [5.41, 5.74) is 3.56. The van der Waals surface area contributed by atoms with Gasteiger partial charge in [0.2, 0.25) is 0 Å². The maximum absolute atomic E-state index is 4.42. The van der Waals surface area contributed by atoms with Gasteiger partial charge in [-0.25, -0.2) is 0 Å². The van der Waals surface area contributed by atoms with E-state index >= 15 is 0 Å². The van der Waals surface area contributed by atoms with Crippen LogP contribution in [0.15, 0.2) is 0 Å². The average Bonchev–Trinajstić information content (AvgIpc) is 2.90. The van der Waals surface area contributed by atoms with Gasteiger partial charge in [-0.2, -0.15) is 5.10 Å². The number of nitrogens with one attached hydrogen (secondary N) is 1. The summed E-state index contributed by atoms with van der Waals surface area (Å²) >= 11 is 0. The van der Waals surface area contributed by atoms with Crippen LogP contribution in [0.2, 0.25) is 0 Å². The van der Waals surface area contributed by atoms with E-state index in [-0.39, 0.29) is 5.41 Å². The van der Waals surface area contributed by atoms with E-state index in [1.165, 1.54) is 11.3 Å². The van der Waals surface area contributed by atoms with Gasteiger partial charge in [0.25, 0.3) is 0 Å². The van der Waals surface area contributed by atoms with Crippen LogP contribution >= 0.6 is 0 Å². The second-order valence-corrected chi connectivity index (χ2v) is 5.88. The highest BCUT2D eigenvalue weighted by atomic mass is 15.3. The molecule has 1 N–H and O–H groups in total. The highest BCUT2D eigenvalue weighted by Crippen LogP contribution is 2.32. The van der Waals surface area contributed by atoms with E-state index in [0.717, 1.165) is 36.7 Å². The first kappa shape index (κ1) is 11.4. The molecular formula is C13H19N5. The van der Waals surface area contributed by atoms with Crippen LogP contribution in [0.5, 0.6) is 0 Å². The fraction of sp³-hybridized carbons (Fsp3) is 0.615. The van der Waals surface area contributed by atoms with Crippen molar-refractivity contribution in [3.63, 3.8) is 0 Å². The summed E-state index contributed by atoms with van der Waals surface area (Å²) in [5, 5.41) is 16.2. The lowest BCUT2D eigenvalue weighted by molar-refractivity contribution is 0.495. The highest BCUT2D eigenvalue weighted by molar-refractivity contribution is 5.58. The lowest BCUT2D eigenvalue weighted by atomic mass is 9.95. The van der Waals surface area contributed by atoms with Gasteiger partial charge in [-0.3, -0.25) is 5.10 Å². The molecule has 0 saturated carbocycles. The molecule has 0 unspecified atom stereocenters. The maximum atomic E-state index is 4.42. The Bertz CT molecular complexity index is 585. The van der Waals surface area contributed by atoms with Crippen LogP contribution in [0.25, 0.3) is 11.5 Å². The van der Waals surface area contributed by atoms with Gasteiger partial charge < -0.3 is 4.57 Å². The number of aromatic amines is 1. The largest absolute Gasteiger partial charge is 0.309 e. The molecule has 1 aliphatic rings. The van der Waals surface area contributed by atoms with E-state index in [1.807, 2.05) is 0 Å². The van der Waals surface area contributed by atoms with Gasteiger partial charge in [0.05, 0.1) is 0 Å². The molecule has 5 nitrogen and oxygen atoms in total. The normalized spacial score (nSPS) is 14.4. The number of fused-ring (bicyclic) bond motifs is 3. The van der Waals surface area contributed by atoms with E-state index in [0.29, 0.717) is 0 Å². The standard InChI is InChI=1S/C13H19N5/c1-5-9-8-6-7-18-11(10(8)15-14-9)16-17-12(18)13(2,3)4/h5-7H2,1-4H3,(H,14,15). The van der Waals surface area contributed by atoms with Crippen molar-refractivity contribution in [1.29, 1.82) is 0 Å². The summed E-state index contributed by atoms with van der Waals surface area (Å²) in [4.78, 5) is 0. The van der Waals surface area contributed by atoms with Crippen molar-refractivity contribution in [2.24, 2.45) is 0 Å². The third-order valence-electron chi connectivity index (χ3n) is 3.53. The van der Waals surface area contributed by atoms with Crippen LogP contribution in [-0.4, -0.2) is 25.0 Å². The molecule has 0 fully saturated rings. The first-order valence-corrected chi connectivity index (χ1v) is 6.52. The molecule has 0 atom stereocenters. The topological polar surface area (TPSA) is 59.4 Å². The molecule has 2 aromatic heterocycles. The van der Waals surface area contributed by atoms with Gasteiger partial charge in [0.15, 0.2) is 5.82 Å². The summed E-state index contributed by atoms with van der Waals surface area (Å²) < 4.78 is 2.21. The van der Waals surface area contributed by atoms with Crippen molar-refractivity contribution < 1.29 is 0 Å². The van der Waals surface area contributed by atoms with Gasteiger partial charge in [0, 0.05) is 23.2 Å². The van der Waals surface area contributed by atoms with Crippen LogP contribution in [0.3, 0.4) is 0 Å². The Morgan fingerprint density at radius 3 is 2.72 bits per heavy atom. The van der Waals surface area contributed by atoms with E-state index < -0.39 is 0 Å². The number of H-pyrrole nitrogens is 1. The number of hydrogen-bond acceptors (Lipinski definition) is 3. The summed E-state index contributed by atoms with van der Waals surface area (Å²) in [7, 11) is 0. The average molecular weight is 245 g/mol. The molecule has 0 saturated heterocycles. The quantitative estimate of drug-likeness (QED) is 0.836. The predicted molar refractivity (Wildman–Crippen MR) is 69.4 cm³/mol. The fourth-order valence-corrected chi connectivity index (χ4v) is 2.62. The Labute approximate surface area is 107 Å². The van der Waals surface area contributed by atoms with E-state index in [4.69, 9.17) is 0 Å². The third-order valence-corrected chi connectivity index (χ3v) is 3.53. The van der Waals surface area contributed by atoms with Crippen LogP contribution in [0.1, 0.15) is 44.8 Å². The molecule has 0 aliphatic carbocycles. The molecule has 2 aromatic rings. The number of rotatable bonds is 1. The summed E-state index contributed by atoms with van der Waals surface area (Å²) in [6.07, 6.45) is 2.01. The molecule has 1 aliphatic heterocycles. The van der Waals surface area contributed by atoms with Crippen LogP contribution in [0.4, 0.5) is 0 Å². The number of aromatic nitrogens is 5. The zero-order chi connectivity index (χ0) is 12.9. The third kappa shape index (κ3) is 1.50. The van der Waals surface area contributed by atoms with Crippen molar-refractivity contribution in [2.75, 3.05) is 0 Å². The van der Waals surface area contributed by atoms with Crippen LogP contribution < -0.4 is 0 Å². The monoisotopic (exact) mass is 245 g/mol. The maximum Gasteiger partial charge on any atom is 0.184 e. The molecule has 3 rings (SSSR count). The molecule has 0 bridgehead atoms. The minimum Gasteiger partial charge on any atom is -0.309 e. The molecule has 0 amide bonds. The lowest BCUT2D eigenvalue weighted by Crippen LogP contribution is -2.22. The molecule has 0 aromatic carbocycles. The molecule has 96 valence electrons. The predicted octanol–water partition coefficient (Wildman–Crippen LogP) is 2.08. The molecular weight excluding hydrogens is 226 g/mol. The molecule has 0 spiro atoms. The minimum absolute atomic E-state index is 0.0205. The summed E-state index contributed by atoms with van der Waals surface area (Å²) in [6.45, 7) is 9.60. The fourth-order valence-electron chi connectivity index (χ4n) is 2.62. The number of hydrogen-bond donors (Lipinski definition) is 1. The second kappa shape index (κ2) is 3.67. The molecule has 0 radical (unpaired) electrons. The first-order chi connectivity index (χ1) is 8.52. The zero-order valence-corrected chi connectivity index (χ0v) is 11.4. The smallest absolute Gasteiger partial charge is 0.184 e. The minimum atomic E-state index is 0.0205. The Balaban J connectivity index is 2.15. The highest BCUT2D eigenvalue weighted by Gasteiger charge is 2.30. The van der Waals surface area contributed by atoms with Crippen molar-refractivity contribution in [3.05, 3.63) is 17.1 Å². The van der Waals surface area contributed by atoms with E-state index in [9.17, 15) is 0 Å². The van der Waals surface area contributed by atoms with Crippen molar-refractivity contribution in [3.8, 4) is 11.5 Å². The number of aryl methyl sites for hydroxylation is 1. The van der Waals surface area contributed by atoms with Gasteiger partial charge in [-0.15, -0.1) is 10.2 Å². The second-order valence-electron chi connectivity index (χ2n) is 5.88. The Morgan fingerprint density at radius 1 is 1.28 bits per heavy atom. The van der Waals surface area contributed by atoms with Crippen molar-refractivity contribution >= 4 is 0 Å². The number of nitrogens with zero attached hydrogens (tertiary/aromatic N) is 4. The van der Waals surface area contributed by atoms with E-state index in [2.05, 4.69) is 52.7 Å². The Hall–Kier alpha value is -1.65. The molecule has 3 heterocycles. The molecule has 5 heteroatoms. The summed E-state index contributed by atoms with van der Waals surface area (Å²) in [6, 6.07) is 0. The van der Waals surface area contributed by atoms with Crippen LogP contribution in [-0.2, 0) is 24.8 Å². The Kier molecular flexibility index (Phi) is 2.33. The first-order valence-electron chi connectivity index (χ1n) is 6.52. The van der Waals surface area contributed by atoms with E-state index in [1.54, 1.807) is 0 Å². The van der Waals surface area contributed by atoms with Crippen LogP contribution in [0, 0.1) is 0 Å². The van der Waals surface area contributed by atoms with Gasteiger partial charge in [-0.05, 0) is 12.8 Å². The van der Waals surface area contributed by atoms with Gasteiger partial charge in [-0.1, -0.05) is 27.7 Å². The summed E-state index contributed by atoms with van der Waals surface area (Å²) in [5.74, 6) is 1.96. The Morgan fingerprint density at radius 2 is 2.06 bits per heavy atom. The van der Waals surface area contributed by atoms with Gasteiger partial charge in [0.1, 0.15) is 11.5 Å². The lowest BCUT2D eigenvalue weighted by Gasteiger charge is -2.22. The van der Waals surface area contributed by atoms with Gasteiger partial charge >= 0.3 is 0 Å². The van der Waals surface area contributed by atoms with Crippen molar-refractivity contribution in [1.82, 2.24) is 25.0 Å². The molecule has 18 heavy (non-hydrogen) atoms. The SMILES string of the molecule is CCc1[nH]nc2c1CCn1c-2nnc1C(C)(C)C. The zero-order valence-electron chi connectivity index (χ0n) is 11.4.